The summed E-state index contributed by atoms with van der Waals surface area (Å²) in [6, 6.07) is 11.7. The molecule has 0 fully saturated rings. The van der Waals surface area contributed by atoms with Crippen molar-refractivity contribution in [1.29, 1.82) is 0 Å². The normalized spacial score (nSPS) is 10.8. The second-order valence-corrected chi connectivity index (χ2v) is 4.68. The van der Waals surface area contributed by atoms with Gasteiger partial charge in [0.15, 0.2) is 0 Å². The number of nitrogens with two attached hydrogens (primary N) is 1. The SMILES string of the molecule is Nc1ccc2c(cnn2CCCNc2ccccn2)c1. The third-order valence-corrected chi connectivity index (χ3v) is 3.18. The Morgan fingerprint density at radius 2 is 2.15 bits per heavy atom. The minimum absolute atomic E-state index is 0.772. The van der Waals surface area contributed by atoms with E-state index in [1.54, 1.807) is 6.20 Å². The van der Waals surface area contributed by atoms with Crippen molar-refractivity contribution in [1.82, 2.24) is 14.8 Å². The van der Waals surface area contributed by atoms with E-state index in [2.05, 4.69) is 15.4 Å². The van der Waals surface area contributed by atoms with Crippen molar-refractivity contribution in [3.63, 3.8) is 0 Å². The molecule has 0 bridgehead atoms. The van der Waals surface area contributed by atoms with Gasteiger partial charge < -0.3 is 11.1 Å². The molecule has 3 aromatic rings. The maximum Gasteiger partial charge on any atom is 0.125 e. The highest BCUT2D eigenvalue weighted by molar-refractivity contribution is 5.81. The number of nitrogens with zero attached hydrogens (tertiary/aromatic N) is 3. The molecule has 102 valence electrons. The van der Waals surface area contributed by atoms with Gasteiger partial charge in [-0.25, -0.2) is 4.98 Å². The summed E-state index contributed by atoms with van der Waals surface area (Å²) in [6.07, 6.45) is 4.63. The summed E-state index contributed by atoms with van der Waals surface area (Å²) in [7, 11) is 0. The molecule has 0 unspecified atom stereocenters. The van der Waals surface area contributed by atoms with Crippen LogP contribution in [0.15, 0.2) is 48.8 Å². The zero-order valence-electron chi connectivity index (χ0n) is 11.2. The van der Waals surface area contributed by atoms with Gasteiger partial charge in [0, 0.05) is 30.4 Å². The Labute approximate surface area is 117 Å². The van der Waals surface area contributed by atoms with E-state index in [0.717, 1.165) is 41.9 Å². The van der Waals surface area contributed by atoms with Gasteiger partial charge in [0.25, 0.3) is 0 Å². The molecule has 0 saturated heterocycles. The lowest BCUT2D eigenvalue weighted by molar-refractivity contribution is 0.610. The van der Waals surface area contributed by atoms with Gasteiger partial charge in [0.1, 0.15) is 5.82 Å². The number of pyridine rings is 1. The van der Waals surface area contributed by atoms with Gasteiger partial charge in [-0.2, -0.15) is 5.10 Å². The molecule has 0 amide bonds. The summed E-state index contributed by atoms with van der Waals surface area (Å²) in [5.41, 5.74) is 7.66. The number of anilines is 2. The van der Waals surface area contributed by atoms with E-state index in [1.165, 1.54) is 0 Å². The summed E-state index contributed by atoms with van der Waals surface area (Å²) in [6.45, 7) is 1.74. The van der Waals surface area contributed by atoms with Crippen LogP contribution in [0.4, 0.5) is 11.5 Å². The number of aromatic nitrogens is 3. The van der Waals surface area contributed by atoms with E-state index in [-0.39, 0.29) is 0 Å². The van der Waals surface area contributed by atoms with E-state index in [0.29, 0.717) is 0 Å². The third-order valence-electron chi connectivity index (χ3n) is 3.18. The van der Waals surface area contributed by atoms with Gasteiger partial charge in [-0.3, -0.25) is 4.68 Å². The highest BCUT2D eigenvalue weighted by atomic mass is 15.3. The number of aryl methyl sites for hydroxylation is 1. The predicted octanol–water partition coefficient (Wildman–Crippen LogP) is 2.52. The summed E-state index contributed by atoms with van der Waals surface area (Å²) < 4.78 is 2.01. The van der Waals surface area contributed by atoms with Crippen molar-refractivity contribution in [2.45, 2.75) is 13.0 Å². The highest BCUT2D eigenvalue weighted by Gasteiger charge is 2.02. The summed E-state index contributed by atoms with van der Waals surface area (Å²) in [4.78, 5) is 4.23. The first-order valence-electron chi connectivity index (χ1n) is 6.69. The molecule has 2 aromatic heterocycles. The Hall–Kier alpha value is -2.56. The molecular weight excluding hydrogens is 250 g/mol. The monoisotopic (exact) mass is 267 g/mol. The van der Waals surface area contributed by atoms with E-state index >= 15 is 0 Å². The van der Waals surface area contributed by atoms with Crippen molar-refractivity contribution in [2.75, 3.05) is 17.6 Å². The van der Waals surface area contributed by atoms with Crippen LogP contribution in [0.2, 0.25) is 0 Å². The number of hydrogen-bond donors (Lipinski definition) is 2. The van der Waals surface area contributed by atoms with Gasteiger partial charge in [-0.15, -0.1) is 0 Å². The molecule has 5 nitrogen and oxygen atoms in total. The van der Waals surface area contributed by atoms with Crippen LogP contribution >= 0.6 is 0 Å². The first-order chi connectivity index (χ1) is 9.83. The Bertz CT molecular complexity index is 690. The molecule has 2 heterocycles. The lowest BCUT2D eigenvalue weighted by Gasteiger charge is -2.06. The van der Waals surface area contributed by atoms with Crippen LogP contribution in [0.1, 0.15) is 6.42 Å². The average molecular weight is 267 g/mol. The Kier molecular flexibility index (Phi) is 3.50. The molecule has 3 N–H and O–H groups in total. The number of benzene rings is 1. The van der Waals surface area contributed by atoms with Crippen molar-refractivity contribution in [3.8, 4) is 0 Å². The van der Waals surface area contributed by atoms with Crippen molar-refractivity contribution in [3.05, 3.63) is 48.8 Å². The second kappa shape index (κ2) is 5.61. The molecule has 5 heteroatoms. The fraction of sp³-hybridized carbons (Fsp3) is 0.200. The topological polar surface area (TPSA) is 68.8 Å². The fourth-order valence-corrected chi connectivity index (χ4v) is 2.20. The maximum atomic E-state index is 5.77. The molecule has 0 saturated carbocycles. The standard InChI is InChI=1S/C15H17N5/c16-13-5-6-14-12(10-13)11-19-20(14)9-3-8-18-15-4-1-2-7-17-15/h1-2,4-7,10-11H,3,8-9,16H2,(H,17,18). The molecule has 0 aliphatic heterocycles. The average Bonchev–Trinajstić information content (AvgIpc) is 2.87. The molecule has 3 rings (SSSR count). The molecule has 0 spiro atoms. The quantitative estimate of drug-likeness (QED) is 0.550. The first kappa shape index (κ1) is 12.5. The molecule has 1 aromatic carbocycles. The number of rotatable bonds is 5. The second-order valence-electron chi connectivity index (χ2n) is 4.68. The maximum absolute atomic E-state index is 5.77. The number of hydrogen-bond acceptors (Lipinski definition) is 4. The van der Waals surface area contributed by atoms with Crippen molar-refractivity contribution >= 4 is 22.4 Å². The van der Waals surface area contributed by atoms with Gasteiger partial charge in [-0.05, 0) is 36.8 Å². The lowest BCUT2D eigenvalue weighted by atomic mass is 10.2. The zero-order valence-corrected chi connectivity index (χ0v) is 11.2. The van der Waals surface area contributed by atoms with Crippen molar-refractivity contribution < 1.29 is 0 Å². The number of fused-ring (bicyclic) bond motifs is 1. The van der Waals surface area contributed by atoms with Crippen molar-refractivity contribution in [2.24, 2.45) is 0 Å². The van der Waals surface area contributed by atoms with E-state index in [9.17, 15) is 0 Å². The predicted molar refractivity (Wildman–Crippen MR) is 81.5 cm³/mol. The van der Waals surface area contributed by atoms with Crippen LogP contribution in [0.25, 0.3) is 10.9 Å². The Morgan fingerprint density at radius 3 is 3.00 bits per heavy atom. The molecular formula is C15H17N5. The number of nitrogen functional groups attached to an aromatic ring is 1. The van der Waals surface area contributed by atoms with Gasteiger partial charge in [0.2, 0.25) is 0 Å². The van der Waals surface area contributed by atoms with Crippen LogP contribution in [0.3, 0.4) is 0 Å². The fourth-order valence-electron chi connectivity index (χ4n) is 2.20. The minimum Gasteiger partial charge on any atom is -0.399 e. The Morgan fingerprint density at radius 1 is 1.20 bits per heavy atom. The van der Waals surface area contributed by atoms with Crippen LogP contribution in [0, 0.1) is 0 Å². The molecule has 0 atom stereocenters. The van der Waals surface area contributed by atoms with E-state index in [1.807, 2.05) is 47.3 Å². The molecule has 0 aliphatic rings. The van der Waals surface area contributed by atoms with Gasteiger partial charge in [-0.1, -0.05) is 6.07 Å². The summed E-state index contributed by atoms with van der Waals surface area (Å²) in [5, 5.41) is 8.78. The highest BCUT2D eigenvalue weighted by Crippen LogP contribution is 2.17. The summed E-state index contributed by atoms with van der Waals surface area (Å²) >= 11 is 0. The van der Waals surface area contributed by atoms with Crippen LogP contribution in [-0.2, 0) is 6.54 Å². The minimum atomic E-state index is 0.772. The molecule has 20 heavy (non-hydrogen) atoms. The first-order valence-corrected chi connectivity index (χ1v) is 6.69. The molecule has 0 aliphatic carbocycles. The van der Waals surface area contributed by atoms with E-state index < -0.39 is 0 Å². The zero-order chi connectivity index (χ0) is 13.8. The van der Waals surface area contributed by atoms with Crippen LogP contribution < -0.4 is 11.1 Å². The molecule has 0 radical (unpaired) electrons. The smallest absolute Gasteiger partial charge is 0.125 e. The third kappa shape index (κ3) is 2.71. The Balaban J connectivity index is 1.58. The van der Waals surface area contributed by atoms with Gasteiger partial charge in [0.05, 0.1) is 11.7 Å². The lowest BCUT2D eigenvalue weighted by Crippen LogP contribution is -2.08. The van der Waals surface area contributed by atoms with Crippen LogP contribution in [0.5, 0.6) is 0 Å². The summed E-state index contributed by atoms with van der Waals surface area (Å²) in [5.74, 6) is 0.908. The van der Waals surface area contributed by atoms with Gasteiger partial charge >= 0.3 is 0 Å². The largest absolute Gasteiger partial charge is 0.399 e. The van der Waals surface area contributed by atoms with Crippen LogP contribution in [-0.4, -0.2) is 21.3 Å². The number of nitrogens with one attached hydrogen (secondary N) is 1. The van der Waals surface area contributed by atoms with E-state index in [4.69, 9.17) is 5.73 Å².